The summed E-state index contributed by atoms with van der Waals surface area (Å²) in [5, 5.41) is 2.99. The van der Waals surface area contributed by atoms with E-state index in [4.69, 9.17) is 14.2 Å². The molecule has 0 aromatic carbocycles. The molecule has 0 radical (unpaired) electrons. The molecule has 2 atom stereocenters. The Morgan fingerprint density at radius 2 is 1.30 bits per heavy atom. The van der Waals surface area contributed by atoms with Crippen LogP contribution in [-0.4, -0.2) is 122 Å². The van der Waals surface area contributed by atoms with E-state index in [9.17, 15) is 19.2 Å². The molecule has 2 aliphatic heterocycles. The Bertz CT molecular complexity index is 778. The molecule has 2 fully saturated rings. The van der Waals surface area contributed by atoms with Crippen LogP contribution in [0, 0.1) is 0 Å². The van der Waals surface area contributed by atoms with Crippen LogP contribution in [0.4, 0.5) is 9.59 Å². The molecule has 2 aliphatic rings. The maximum Gasteiger partial charge on any atom is 0.410 e. The Morgan fingerprint density at radius 3 is 1.76 bits per heavy atom. The van der Waals surface area contributed by atoms with Crippen LogP contribution >= 0.6 is 0 Å². The second-order valence-corrected chi connectivity index (χ2v) is 11.0. The molecule has 0 saturated carbocycles. The van der Waals surface area contributed by atoms with E-state index < -0.39 is 29.4 Å². The molecule has 2 rings (SSSR count). The average Bonchev–Trinajstić information content (AvgIpc) is 2.81. The van der Waals surface area contributed by atoms with Crippen LogP contribution in [0.1, 0.15) is 54.9 Å². The van der Waals surface area contributed by atoms with Crippen LogP contribution in [0.15, 0.2) is 0 Å². The summed E-state index contributed by atoms with van der Waals surface area (Å²) in [5.74, 6) is -0.662. The van der Waals surface area contributed by atoms with E-state index in [0.717, 1.165) is 13.0 Å². The highest BCUT2D eigenvalue weighted by molar-refractivity contribution is 5.78. The van der Waals surface area contributed by atoms with E-state index in [1.54, 1.807) is 4.90 Å². The summed E-state index contributed by atoms with van der Waals surface area (Å²) in [6.45, 7) is 16.7. The normalized spacial score (nSPS) is 20.8. The SMILES string of the molecule is CCCN1CCN(C(=O)OC(C)(C)C)CC1C(=O)OC.COC(=O)C1CN(C(=O)OC(C)(C)C)CCN1. The van der Waals surface area contributed by atoms with Crippen LogP contribution in [0.3, 0.4) is 0 Å². The maximum atomic E-state index is 12.1. The van der Waals surface area contributed by atoms with Gasteiger partial charge in [0.15, 0.2) is 0 Å². The minimum atomic E-state index is -0.529. The Balaban J connectivity index is 0.000000375. The van der Waals surface area contributed by atoms with E-state index in [0.29, 0.717) is 32.7 Å². The predicted octanol–water partition coefficient (Wildman–Crippen LogP) is 1.86. The van der Waals surface area contributed by atoms with Crippen LogP contribution in [0.5, 0.6) is 0 Å². The summed E-state index contributed by atoms with van der Waals surface area (Å²) < 4.78 is 20.1. The molecule has 0 aromatic rings. The summed E-state index contributed by atoms with van der Waals surface area (Å²) in [7, 11) is 2.70. The summed E-state index contributed by atoms with van der Waals surface area (Å²) in [4.78, 5) is 52.2. The van der Waals surface area contributed by atoms with Crippen LogP contribution in [0.25, 0.3) is 0 Å². The van der Waals surface area contributed by atoms with Gasteiger partial charge in [-0.2, -0.15) is 0 Å². The quantitative estimate of drug-likeness (QED) is 0.425. The summed E-state index contributed by atoms with van der Waals surface area (Å²) in [6.07, 6.45) is 0.190. The second-order valence-electron chi connectivity index (χ2n) is 11.0. The number of hydrogen-bond donors (Lipinski definition) is 1. The molecular formula is C25H46N4O8. The van der Waals surface area contributed by atoms with E-state index >= 15 is 0 Å². The lowest BCUT2D eigenvalue weighted by Gasteiger charge is -2.40. The first kappa shape index (κ1) is 32.4. The zero-order valence-electron chi connectivity index (χ0n) is 23.9. The largest absolute Gasteiger partial charge is 0.468 e. The number of esters is 2. The van der Waals surface area contributed by atoms with Gasteiger partial charge in [-0.15, -0.1) is 0 Å². The molecule has 0 spiro atoms. The number of ether oxygens (including phenoxy) is 4. The number of hydrogen-bond acceptors (Lipinski definition) is 10. The lowest BCUT2D eigenvalue weighted by Crippen LogP contribution is -2.58. The third-order valence-corrected chi connectivity index (χ3v) is 5.44. The van der Waals surface area contributed by atoms with Gasteiger partial charge in [-0.05, 0) is 54.5 Å². The van der Waals surface area contributed by atoms with Crippen molar-refractivity contribution in [3.05, 3.63) is 0 Å². The molecule has 214 valence electrons. The van der Waals surface area contributed by atoms with Gasteiger partial charge in [0.2, 0.25) is 0 Å². The Hall–Kier alpha value is -2.60. The highest BCUT2D eigenvalue weighted by Crippen LogP contribution is 2.16. The van der Waals surface area contributed by atoms with Gasteiger partial charge >= 0.3 is 24.1 Å². The van der Waals surface area contributed by atoms with Crippen molar-refractivity contribution in [2.75, 3.05) is 60.0 Å². The first-order valence-corrected chi connectivity index (χ1v) is 12.7. The molecular weight excluding hydrogens is 484 g/mol. The molecule has 12 heteroatoms. The topological polar surface area (TPSA) is 127 Å². The molecule has 37 heavy (non-hydrogen) atoms. The number of carbonyl (C=O) groups is 4. The molecule has 1 N–H and O–H groups in total. The van der Waals surface area contributed by atoms with Gasteiger partial charge in [0.1, 0.15) is 23.3 Å². The van der Waals surface area contributed by atoms with Gasteiger partial charge in [0.25, 0.3) is 0 Å². The second kappa shape index (κ2) is 14.4. The molecule has 2 unspecified atom stereocenters. The maximum absolute atomic E-state index is 12.1. The minimum Gasteiger partial charge on any atom is -0.468 e. The van der Waals surface area contributed by atoms with Crippen molar-refractivity contribution in [2.45, 2.75) is 78.2 Å². The molecule has 0 bridgehead atoms. The number of methoxy groups -OCH3 is 2. The number of nitrogens with one attached hydrogen (secondary N) is 1. The number of nitrogens with zero attached hydrogens (tertiary/aromatic N) is 3. The Labute approximate surface area is 220 Å². The Kier molecular flexibility index (Phi) is 12.6. The number of amides is 2. The fourth-order valence-corrected chi connectivity index (χ4v) is 3.77. The Morgan fingerprint density at radius 1 is 0.784 bits per heavy atom. The van der Waals surface area contributed by atoms with Crippen molar-refractivity contribution in [3.63, 3.8) is 0 Å². The smallest absolute Gasteiger partial charge is 0.410 e. The van der Waals surface area contributed by atoms with Crippen molar-refractivity contribution in [2.24, 2.45) is 0 Å². The highest BCUT2D eigenvalue weighted by Gasteiger charge is 2.36. The van der Waals surface area contributed by atoms with E-state index in [2.05, 4.69) is 21.9 Å². The van der Waals surface area contributed by atoms with Gasteiger partial charge in [0.05, 0.1) is 27.3 Å². The molecule has 0 aromatic heterocycles. The lowest BCUT2D eigenvalue weighted by molar-refractivity contribution is -0.149. The van der Waals surface area contributed by atoms with Crippen molar-refractivity contribution in [1.29, 1.82) is 0 Å². The van der Waals surface area contributed by atoms with Gasteiger partial charge in [0, 0.05) is 26.2 Å². The van der Waals surface area contributed by atoms with E-state index in [-0.39, 0.29) is 24.6 Å². The van der Waals surface area contributed by atoms with Gasteiger partial charge < -0.3 is 34.1 Å². The standard InChI is InChI=1S/C14H26N2O4.C11H20N2O4/c1-6-7-15-8-9-16(10-11(15)12(17)19-5)13(18)20-14(2,3)4;1-11(2,3)17-10(15)13-6-5-12-8(7-13)9(14)16-4/h11H,6-10H2,1-5H3;8,12H,5-7H2,1-4H3. The lowest BCUT2D eigenvalue weighted by atomic mass is 10.1. The summed E-state index contributed by atoms with van der Waals surface area (Å²) >= 11 is 0. The minimum absolute atomic E-state index is 0.279. The van der Waals surface area contributed by atoms with E-state index in [1.807, 2.05) is 41.5 Å². The number of piperazine rings is 2. The summed E-state index contributed by atoms with van der Waals surface area (Å²) in [6, 6.07) is -0.873. The molecule has 2 heterocycles. The molecule has 0 aliphatic carbocycles. The predicted molar refractivity (Wildman–Crippen MR) is 137 cm³/mol. The van der Waals surface area contributed by atoms with Crippen molar-refractivity contribution >= 4 is 24.1 Å². The number of carbonyl (C=O) groups excluding carboxylic acids is 4. The first-order chi connectivity index (χ1) is 17.1. The van der Waals surface area contributed by atoms with Crippen LogP contribution in [0.2, 0.25) is 0 Å². The number of rotatable bonds is 4. The zero-order chi connectivity index (χ0) is 28.4. The molecule has 2 amide bonds. The van der Waals surface area contributed by atoms with Gasteiger partial charge in [-0.1, -0.05) is 6.92 Å². The van der Waals surface area contributed by atoms with Crippen molar-refractivity contribution in [1.82, 2.24) is 20.0 Å². The van der Waals surface area contributed by atoms with Crippen molar-refractivity contribution in [3.8, 4) is 0 Å². The third-order valence-electron chi connectivity index (χ3n) is 5.44. The van der Waals surface area contributed by atoms with Gasteiger partial charge in [-0.25, -0.2) is 9.59 Å². The molecule has 2 saturated heterocycles. The van der Waals surface area contributed by atoms with Crippen molar-refractivity contribution < 1.29 is 38.1 Å². The summed E-state index contributed by atoms with van der Waals surface area (Å²) in [5.41, 5.74) is -1.05. The van der Waals surface area contributed by atoms with E-state index in [1.165, 1.54) is 19.1 Å². The zero-order valence-corrected chi connectivity index (χ0v) is 23.9. The fourth-order valence-electron chi connectivity index (χ4n) is 3.77. The monoisotopic (exact) mass is 530 g/mol. The average molecular weight is 531 g/mol. The first-order valence-electron chi connectivity index (χ1n) is 12.7. The van der Waals surface area contributed by atoms with Gasteiger partial charge in [-0.3, -0.25) is 14.5 Å². The fraction of sp³-hybridized carbons (Fsp3) is 0.840. The molecule has 12 nitrogen and oxygen atoms in total. The van der Waals surface area contributed by atoms with Crippen LogP contribution in [-0.2, 0) is 28.5 Å². The highest BCUT2D eigenvalue weighted by atomic mass is 16.6. The third kappa shape index (κ3) is 11.5. The van der Waals surface area contributed by atoms with Crippen LogP contribution < -0.4 is 5.32 Å².